The van der Waals surface area contributed by atoms with E-state index < -0.39 is 0 Å². The second-order valence-electron chi connectivity index (χ2n) is 5.52. The second-order valence-corrected chi connectivity index (χ2v) is 7.84. The first kappa shape index (κ1) is 20.0. The van der Waals surface area contributed by atoms with E-state index in [2.05, 4.69) is 11.7 Å². The van der Waals surface area contributed by atoms with Gasteiger partial charge in [0.25, 0.3) is 0 Å². The first-order valence-electron chi connectivity index (χ1n) is 8.45. The Morgan fingerprint density at radius 2 is 1.25 bits per heavy atom. The topological polar surface area (TPSA) is 26.3 Å². The Bertz CT molecular complexity index is 207. The Labute approximate surface area is 132 Å². The maximum atomic E-state index is 10.9. The average Bonchev–Trinajstić information content (AvgIpc) is 2.47. The molecule has 0 fully saturated rings. The molecule has 0 heterocycles. The molecule has 0 atom stereocenters. The number of carbonyl (C=O) groups is 1. The molecule has 20 heavy (non-hydrogen) atoms. The summed E-state index contributed by atoms with van der Waals surface area (Å²) in [7, 11) is 1.47. The van der Waals surface area contributed by atoms with Gasteiger partial charge in [-0.25, -0.2) is 0 Å². The van der Waals surface area contributed by atoms with Crippen LogP contribution in [-0.4, -0.2) is 28.0 Å². The van der Waals surface area contributed by atoms with Gasteiger partial charge in [0.2, 0.25) is 0 Å². The standard InChI is InChI=1S/C17H34O2Se/c1-3-4-5-6-7-8-9-10-11-12-13-14-15-20-16-17(18)19-2/h3-16H2,1-2H3. The number of hydrogen-bond acceptors (Lipinski definition) is 2. The number of unbranched alkanes of at least 4 members (excludes halogenated alkanes) is 11. The molecule has 0 unspecified atom stereocenters. The minimum atomic E-state index is -0.0380. The summed E-state index contributed by atoms with van der Waals surface area (Å²) in [5.74, 6) is -0.0380. The van der Waals surface area contributed by atoms with Gasteiger partial charge in [-0.2, -0.15) is 0 Å². The number of rotatable bonds is 15. The summed E-state index contributed by atoms with van der Waals surface area (Å²) in [6.07, 6.45) is 16.8. The zero-order chi connectivity index (χ0) is 14.9. The van der Waals surface area contributed by atoms with Crippen molar-refractivity contribution in [3.05, 3.63) is 0 Å². The van der Waals surface area contributed by atoms with Crippen LogP contribution in [0.25, 0.3) is 0 Å². The van der Waals surface area contributed by atoms with Crippen LogP contribution >= 0.6 is 0 Å². The summed E-state index contributed by atoms with van der Waals surface area (Å²) in [5, 5.41) is 1.89. The molecule has 0 rings (SSSR count). The van der Waals surface area contributed by atoms with Crippen LogP contribution in [0.2, 0.25) is 10.6 Å². The van der Waals surface area contributed by atoms with E-state index in [4.69, 9.17) is 0 Å². The number of esters is 1. The van der Waals surface area contributed by atoms with Crippen LogP contribution in [0.4, 0.5) is 0 Å². The van der Waals surface area contributed by atoms with Crippen LogP contribution in [-0.2, 0) is 9.53 Å². The molecule has 0 bridgehead atoms. The van der Waals surface area contributed by atoms with Gasteiger partial charge in [-0.3, -0.25) is 0 Å². The van der Waals surface area contributed by atoms with Crippen LogP contribution < -0.4 is 0 Å². The van der Waals surface area contributed by atoms with Crippen molar-refractivity contribution in [1.29, 1.82) is 0 Å². The van der Waals surface area contributed by atoms with Gasteiger partial charge in [-0.15, -0.1) is 0 Å². The number of methoxy groups -OCH3 is 1. The van der Waals surface area contributed by atoms with Gasteiger partial charge in [0, 0.05) is 0 Å². The molecule has 0 aliphatic carbocycles. The number of ether oxygens (including phenoxy) is 1. The minimum absolute atomic E-state index is 0.0380. The number of hydrogen-bond donors (Lipinski definition) is 0. The monoisotopic (exact) mass is 350 g/mol. The third kappa shape index (κ3) is 16.0. The fraction of sp³-hybridized carbons (Fsp3) is 0.941. The molecule has 0 aliphatic heterocycles. The molecule has 0 N–H and O–H groups in total. The van der Waals surface area contributed by atoms with E-state index in [9.17, 15) is 4.79 Å². The van der Waals surface area contributed by atoms with Gasteiger partial charge in [0.15, 0.2) is 0 Å². The van der Waals surface area contributed by atoms with E-state index >= 15 is 0 Å². The summed E-state index contributed by atoms with van der Waals surface area (Å²) >= 11 is 0.464. The zero-order valence-corrected chi connectivity index (χ0v) is 15.3. The molecule has 0 aromatic rings. The van der Waals surface area contributed by atoms with Crippen LogP contribution in [0.15, 0.2) is 0 Å². The maximum absolute atomic E-state index is 10.9. The van der Waals surface area contributed by atoms with Crippen molar-refractivity contribution >= 4 is 20.9 Å². The third-order valence-corrected chi connectivity index (χ3v) is 5.72. The Morgan fingerprint density at radius 3 is 1.70 bits per heavy atom. The third-order valence-electron chi connectivity index (χ3n) is 3.59. The normalized spacial score (nSPS) is 10.7. The Morgan fingerprint density at radius 1 is 0.800 bits per heavy atom. The first-order valence-corrected chi connectivity index (χ1v) is 10.9. The summed E-state index contributed by atoms with van der Waals surface area (Å²) in [5.41, 5.74) is 0. The van der Waals surface area contributed by atoms with Gasteiger partial charge in [0.1, 0.15) is 0 Å². The molecular formula is C17H34O2Se. The zero-order valence-electron chi connectivity index (χ0n) is 13.6. The fourth-order valence-electron chi connectivity index (χ4n) is 2.26. The molecule has 0 radical (unpaired) electrons. The molecular weight excluding hydrogens is 315 g/mol. The summed E-state index contributed by atoms with van der Waals surface area (Å²) in [4.78, 5) is 10.9. The predicted octanol–water partition coefficient (Wildman–Crippen LogP) is 5.40. The molecule has 0 saturated heterocycles. The molecule has 0 aromatic heterocycles. The quantitative estimate of drug-likeness (QED) is 0.225. The predicted molar refractivity (Wildman–Crippen MR) is 88.5 cm³/mol. The van der Waals surface area contributed by atoms with Gasteiger partial charge < -0.3 is 0 Å². The van der Waals surface area contributed by atoms with Crippen LogP contribution in [0.3, 0.4) is 0 Å². The molecule has 3 heteroatoms. The van der Waals surface area contributed by atoms with Crippen molar-refractivity contribution in [2.24, 2.45) is 0 Å². The van der Waals surface area contributed by atoms with Crippen LogP contribution in [0, 0.1) is 0 Å². The van der Waals surface area contributed by atoms with Crippen molar-refractivity contribution in [3.63, 3.8) is 0 Å². The Kier molecular flexibility index (Phi) is 17.0. The molecule has 0 saturated carbocycles. The Hall–Kier alpha value is -0.0105. The van der Waals surface area contributed by atoms with E-state index in [0.29, 0.717) is 20.3 Å². The number of carbonyl (C=O) groups excluding carboxylic acids is 1. The van der Waals surface area contributed by atoms with Crippen molar-refractivity contribution in [2.45, 2.75) is 94.6 Å². The summed E-state index contributed by atoms with van der Waals surface area (Å²) in [6.45, 7) is 2.27. The summed E-state index contributed by atoms with van der Waals surface area (Å²) in [6, 6.07) is 0. The summed E-state index contributed by atoms with van der Waals surface area (Å²) < 4.78 is 4.64. The van der Waals surface area contributed by atoms with Crippen molar-refractivity contribution in [2.75, 3.05) is 7.11 Å². The second kappa shape index (κ2) is 17.0. The molecule has 0 spiro atoms. The average molecular weight is 349 g/mol. The van der Waals surface area contributed by atoms with E-state index in [-0.39, 0.29) is 5.97 Å². The SMILES string of the molecule is CCCCCCCCCCCCCC[Se]CC(=O)OC. The Balaban J connectivity index is 2.97. The van der Waals surface area contributed by atoms with Gasteiger partial charge in [-0.05, 0) is 0 Å². The molecule has 0 aromatic carbocycles. The molecule has 2 nitrogen and oxygen atoms in total. The van der Waals surface area contributed by atoms with Crippen LogP contribution in [0.1, 0.15) is 84.0 Å². The fourth-order valence-corrected chi connectivity index (χ4v) is 4.02. The first-order chi connectivity index (χ1) is 9.81. The molecule has 120 valence electrons. The van der Waals surface area contributed by atoms with E-state index in [1.54, 1.807) is 0 Å². The molecule has 0 amide bonds. The van der Waals surface area contributed by atoms with E-state index in [1.807, 2.05) is 0 Å². The molecule has 0 aliphatic rings. The van der Waals surface area contributed by atoms with Crippen molar-refractivity contribution in [3.8, 4) is 0 Å². The van der Waals surface area contributed by atoms with Gasteiger partial charge in [0.05, 0.1) is 0 Å². The van der Waals surface area contributed by atoms with E-state index in [1.165, 1.54) is 89.5 Å². The van der Waals surface area contributed by atoms with Crippen LogP contribution in [0.5, 0.6) is 0 Å². The van der Waals surface area contributed by atoms with Gasteiger partial charge >= 0.3 is 119 Å². The van der Waals surface area contributed by atoms with E-state index in [0.717, 1.165) is 0 Å². The van der Waals surface area contributed by atoms with Crippen molar-refractivity contribution in [1.82, 2.24) is 0 Å². The van der Waals surface area contributed by atoms with Gasteiger partial charge in [-0.1, -0.05) is 13.3 Å². The van der Waals surface area contributed by atoms with Crippen molar-refractivity contribution < 1.29 is 9.53 Å².